The molecule has 0 saturated heterocycles. The number of benzene rings is 2. The minimum absolute atomic E-state index is 0.125. The Morgan fingerprint density at radius 1 is 1.20 bits per heavy atom. The predicted molar refractivity (Wildman–Crippen MR) is 177 cm³/mol. The van der Waals surface area contributed by atoms with E-state index in [1.165, 1.54) is 11.1 Å². The molecule has 2 heterocycles. The van der Waals surface area contributed by atoms with E-state index < -0.39 is 27.3 Å². The first-order valence-electron chi connectivity index (χ1n) is 16.2. The summed E-state index contributed by atoms with van der Waals surface area (Å²) < 4.78 is 41.7. The van der Waals surface area contributed by atoms with Crippen molar-refractivity contribution in [2.24, 2.45) is 17.8 Å². The molecule has 2 aromatic carbocycles. The molecule has 10 heteroatoms. The molecule has 0 unspecified atom stereocenters. The number of hydrogen-bond acceptors (Lipinski definition) is 7. The highest BCUT2D eigenvalue weighted by Crippen LogP contribution is 2.47. The molecule has 244 valence electrons. The molecule has 2 aliphatic carbocycles. The Labute approximate surface area is 272 Å². The average molecular weight is 657 g/mol. The van der Waals surface area contributed by atoms with Gasteiger partial charge < -0.3 is 19.5 Å². The maximum absolute atomic E-state index is 13.5. The fourth-order valence-corrected chi connectivity index (χ4v) is 9.26. The smallest absolute Gasteiger partial charge is 0.264 e. The van der Waals surface area contributed by atoms with Crippen LogP contribution >= 0.6 is 11.6 Å². The highest BCUT2D eigenvalue weighted by Gasteiger charge is 2.44. The van der Waals surface area contributed by atoms with E-state index in [0.717, 1.165) is 49.4 Å². The van der Waals surface area contributed by atoms with Gasteiger partial charge in [-0.3, -0.25) is 4.79 Å². The molecule has 2 aromatic rings. The van der Waals surface area contributed by atoms with Gasteiger partial charge >= 0.3 is 0 Å². The van der Waals surface area contributed by atoms with E-state index in [1.807, 2.05) is 12.1 Å². The van der Waals surface area contributed by atoms with Crippen molar-refractivity contribution in [1.82, 2.24) is 4.72 Å². The Bertz CT molecular complexity index is 1560. The number of carbonyl (C=O) groups is 1. The van der Waals surface area contributed by atoms with Gasteiger partial charge in [0.25, 0.3) is 5.91 Å². The fraction of sp³-hybridized carbons (Fsp3) is 0.571. The standard InChI is InChI=1S/C35H45ClN2O6S/c1-22(39)15-24-6-12-32(43-3)29-10-7-27(29)19-38-20-35(14-4-5-25-17-28(36)9-11-30(25)35)21-44-33-13-8-26(18-31(33)38)34(40)37-45(41,42)23(2)16-24/h6,8-9,11-13,17-18,22-24,27,29,32,39H,4-5,7,10,14-16,19-21H2,1-3H3,(H,37,40)/b12-6-/t22-,23-,24-,27+,29-,32+,35+/m1/s1. The third kappa shape index (κ3) is 6.64. The zero-order valence-corrected chi connectivity index (χ0v) is 27.9. The lowest BCUT2D eigenvalue weighted by molar-refractivity contribution is 0.0129. The maximum Gasteiger partial charge on any atom is 0.264 e. The Morgan fingerprint density at radius 2 is 2.02 bits per heavy atom. The first-order valence-corrected chi connectivity index (χ1v) is 18.2. The number of hydrogen-bond donors (Lipinski definition) is 2. The third-order valence-corrected chi connectivity index (χ3v) is 12.5. The highest BCUT2D eigenvalue weighted by atomic mass is 35.5. The van der Waals surface area contributed by atoms with Crippen LogP contribution in [0.2, 0.25) is 5.02 Å². The Kier molecular flexibility index (Phi) is 9.27. The summed E-state index contributed by atoms with van der Waals surface area (Å²) in [5.41, 5.74) is 3.36. The van der Waals surface area contributed by atoms with Crippen molar-refractivity contribution in [3.8, 4) is 5.75 Å². The first-order chi connectivity index (χ1) is 21.5. The van der Waals surface area contributed by atoms with Gasteiger partial charge in [0.05, 0.1) is 29.8 Å². The number of ether oxygens (including phenoxy) is 2. The van der Waals surface area contributed by atoms with Crippen LogP contribution in [0.15, 0.2) is 48.6 Å². The molecule has 8 nitrogen and oxygen atoms in total. The number of halogens is 1. The molecular weight excluding hydrogens is 612 g/mol. The lowest BCUT2D eigenvalue weighted by Gasteiger charge is -2.46. The predicted octanol–water partition coefficient (Wildman–Crippen LogP) is 5.65. The first kappa shape index (κ1) is 32.4. The van der Waals surface area contributed by atoms with Gasteiger partial charge in [-0.05, 0) is 118 Å². The SMILES string of the molecule is CO[C@H]1/C=C\[C@H](C[C@@H](C)O)C[C@@H](C)S(=O)(=O)NC(=O)c2ccc3c(c2)N(C[C@@H]2CC[C@H]21)C[C@@]1(CCCc2cc(Cl)ccc21)CO3. The summed E-state index contributed by atoms with van der Waals surface area (Å²) in [5.74, 6) is 0.499. The van der Waals surface area contributed by atoms with Crippen molar-refractivity contribution < 1.29 is 27.8 Å². The molecule has 2 N–H and O–H groups in total. The van der Waals surface area contributed by atoms with Gasteiger partial charge in [0.1, 0.15) is 5.75 Å². The lowest BCUT2D eigenvalue weighted by atomic mass is 9.68. The summed E-state index contributed by atoms with van der Waals surface area (Å²) in [6, 6.07) is 11.4. The largest absolute Gasteiger partial charge is 0.490 e. The monoisotopic (exact) mass is 656 g/mol. The zero-order valence-electron chi connectivity index (χ0n) is 26.4. The number of sulfonamides is 1. The summed E-state index contributed by atoms with van der Waals surface area (Å²) in [6.45, 7) is 5.30. The summed E-state index contributed by atoms with van der Waals surface area (Å²) in [4.78, 5) is 15.8. The van der Waals surface area contributed by atoms with Crippen LogP contribution < -0.4 is 14.4 Å². The summed E-state index contributed by atoms with van der Waals surface area (Å²) in [6.07, 6.45) is 9.12. The zero-order chi connectivity index (χ0) is 31.9. The molecule has 6 rings (SSSR count). The third-order valence-electron chi connectivity index (χ3n) is 10.5. The van der Waals surface area contributed by atoms with Crippen molar-refractivity contribution >= 4 is 33.2 Å². The number of rotatable bonds is 3. The Balaban J connectivity index is 1.42. The van der Waals surface area contributed by atoms with Crippen molar-refractivity contribution in [2.45, 2.75) is 81.7 Å². The van der Waals surface area contributed by atoms with Crippen LogP contribution in [0.5, 0.6) is 5.75 Å². The van der Waals surface area contributed by atoms with Gasteiger partial charge in [-0.15, -0.1) is 0 Å². The van der Waals surface area contributed by atoms with Gasteiger partial charge in [-0.1, -0.05) is 29.8 Å². The summed E-state index contributed by atoms with van der Waals surface area (Å²) in [5, 5.41) is 10.1. The van der Waals surface area contributed by atoms with Crippen molar-refractivity contribution in [2.75, 3.05) is 31.7 Å². The number of allylic oxidation sites excluding steroid dienone is 1. The molecule has 4 aliphatic rings. The Morgan fingerprint density at radius 3 is 2.76 bits per heavy atom. The molecule has 2 aliphatic heterocycles. The van der Waals surface area contributed by atoms with Gasteiger partial charge in [0, 0.05) is 36.2 Å². The van der Waals surface area contributed by atoms with Crippen LogP contribution in [0.25, 0.3) is 0 Å². The minimum atomic E-state index is -3.99. The fourth-order valence-electron chi connectivity index (χ4n) is 7.99. The van der Waals surface area contributed by atoms with Crippen LogP contribution in [-0.2, 0) is 26.6 Å². The summed E-state index contributed by atoms with van der Waals surface area (Å²) in [7, 11) is -2.25. The van der Waals surface area contributed by atoms with Crippen LogP contribution in [0.4, 0.5) is 5.69 Å². The highest BCUT2D eigenvalue weighted by molar-refractivity contribution is 7.90. The van der Waals surface area contributed by atoms with Gasteiger partial charge in [-0.25, -0.2) is 13.1 Å². The van der Waals surface area contributed by atoms with Crippen LogP contribution in [0, 0.1) is 17.8 Å². The average Bonchev–Trinajstić information content (AvgIpc) is 3.13. The van der Waals surface area contributed by atoms with Gasteiger partial charge in [0.2, 0.25) is 10.0 Å². The van der Waals surface area contributed by atoms with Crippen LogP contribution in [0.3, 0.4) is 0 Å². The number of fused-ring (bicyclic) bond motifs is 4. The summed E-state index contributed by atoms with van der Waals surface area (Å²) >= 11 is 6.42. The maximum atomic E-state index is 13.5. The molecule has 2 bridgehead atoms. The Hall–Kier alpha value is -2.59. The van der Waals surface area contributed by atoms with E-state index in [1.54, 1.807) is 39.2 Å². The van der Waals surface area contributed by atoms with Crippen molar-refractivity contribution in [1.29, 1.82) is 0 Å². The number of aliphatic hydroxyl groups is 1. The number of nitrogens with one attached hydrogen (secondary N) is 1. The minimum Gasteiger partial charge on any atom is -0.490 e. The van der Waals surface area contributed by atoms with E-state index in [4.69, 9.17) is 21.1 Å². The second kappa shape index (κ2) is 12.9. The van der Waals surface area contributed by atoms with E-state index in [2.05, 4.69) is 27.8 Å². The number of nitrogens with zero attached hydrogens (tertiary/aromatic N) is 1. The van der Waals surface area contributed by atoms with E-state index in [9.17, 15) is 18.3 Å². The topological polar surface area (TPSA) is 105 Å². The van der Waals surface area contributed by atoms with E-state index in [0.29, 0.717) is 37.2 Å². The quantitative estimate of drug-likeness (QED) is 0.412. The molecule has 1 saturated carbocycles. The van der Waals surface area contributed by atoms with Crippen molar-refractivity contribution in [3.05, 3.63) is 70.3 Å². The second-order valence-corrected chi connectivity index (χ2v) is 16.3. The molecular formula is C35H45ClN2O6S. The van der Waals surface area contributed by atoms with Gasteiger partial charge in [0.15, 0.2) is 0 Å². The van der Waals surface area contributed by atoms with E-state index >= 15 is 0 Å². The van der Waals surface area contributed by atoms with Crippen molar-refractivity contribution in [3.63, 3.8) is 0 Å². The normalized spacial score (nSPS) is 32.6. The number of methoxy groups -OCH3 is 1. The van der Waals surface area contributed by atoms with E-state index in [-0.39, 0.29) is 29.4 Å². The molecule has 7 atom stereocenters. The molecule has 0 aromatic heterocycles. The van der Waals surface area contributed by atoms with Crippen LogP contribution in [-0.4, -0.2) is 63.7 Å². The number of anilines is 1. The number of aryl methyl sites for hydroxylation is 1. The molecule has 1 amide bonds. The number of amides is 1. The molecule has 1 spiro atoms. The molecule has 0 radical (unpaired) electrons. The lowest BCUT2D eigenvalue weighted by Crippen LogP contribution is -2.49. The number of aliphatic hydroxyl groups excluding tert-OH is 1. The molecule has 45 heavy (non-hydrogen) atoms. The van der Waals surface area contributed by atoms with Crippen LogP contribution in [0.1, 0.15) is 73.9 Å². The number of carbonyl (C=O) groups excluding carboxylic acids is 1. The van der Waals surface area contributed by atoms with Gasteiger partial charge in [-0.2, -0.15) is 0 Å². The molecule has 1 fully saturated rings. The second-order valence-electron chi connectivity index (χ2n) is 13.7.